The van der Waals surface area contributed by atoms with Gasteiger partial charge in [0.05, 0.1) is 7.11 Å². The third kappa shape index (κ3) is 2.09. The van der Waals surface area contributed by atoms with Gasteiger partial charge in [-0.3, -0.25) is 0 Å². The van der Waals surface area contributed by atoms with E-state index in [0.717, 1.165) is 5.75 Å². The Morgan fingerprint density at radius 2 is 1.57 bits per heavy atom. The minimum atomic E-state index is 0.186. The van der Waals surface area contributed by atoms with Gasteiger partial charge in [0.25, 0.3) is 0 Å². The zero-order chi connectivity index (χ0) is 10.9. The molecule has 78 valence electrons. The lowest BCUT2D eigenvalue weighted by Crippen LogP contribution is -2.13. The average Bonchev–Trinajstić information content (AvgIpc) is 2.02. The fourth-order valence-electron chi connectivity index (χ4n) is 1.86. The summed E-state index contributed by atoms with van der Waals surface area (Å²) in [6.45, 7) is 10.9. The molecule has 0 radical (unpaired) electrons. The first-order chi connectivity index (χ1) is 6.36. The van der Waals surface area contributed by atoms with Crippen molar-refractivity contribution >= 4 is 0 Å². The van der Waals surface area contributed by atoms with E-state index < -0.39 is 0 Å². The van der Waals surface area contributed by atoms with E-state index in [1.54, 1.807) is 7.11 Å². The highest BCUT2D eigenvalue weighted by molar-refractivity contribution is 5.44. The molecule has 0 aliphatic rings. The first-order valence-electron chi connectivity index (χ1n) is 5.02. The lowest BCUT2D eigenvalue weighted by molar-refractivity contribution is 0.409. The maximum Gasteiger partial charge on any atom is 0.122 e. The molecular formula is C13H20O. The molecule has 0 saturated heterocycles. The van der Waals surface area contributed by atoms with Crippen LogP contribution in [-0.4, -0.2) is 7.11 Å². The zero-order valence-corrected chi connectivity index (χ0v) is 10.1. The molecule has 0 atom stereocenters. The summed E-state index contributed by atoms with van der Waals surface area (Å²) in [5.41, 5.74) is 4.10. The molecule has 0 aliphatic carbocycles. The Balaban J connectivity index is 3.32. The lowest BCUT2D eigenvalue weighted by atomic mass is 9.83. The summed E-state index contributed by atoms with van der Waals surface area (Å²) in [6, 6.07) is 4.35. The van der Waals surface area contributed by atoms with Gasteiger partial charge in [0.15, 0.2) is 0 Å². The van der Waals surface area contributed by atoms with Crippen LogP contribution in [0.15, 0.2) is 12.1 Å². The van der Waals surface area contributed by atoms with Gasteiger partial charge in [0, 0.05) is 0 Å². The highest BCUT2D eigenvalue weighted by Crippen LogP contribution is 2.31. The molecule has 1 nitrogen and oxygen atoms in total. The van der Waals surface area contributed by atoms with Gasteiger partial charge in [0.2, 0.25) is 0 Å². The summed E-state index contributed by atoms with van der Waals surface area (Å²) in [5.74, 6) is 0.987. The van der Waals surface area contributed by atoms with Crippen molar-refractivity contribution in [3.8, 4) is 5.75 Å². The summed E-state index contributed by atoms with van der Waals surface area (Å²) in [5, 5.41) is 0. The molecule has 1 aromatic rings. The Bertz CT molecular complexity index is 332. The first kappa shape index (κ1) is 11.1. The van der Waals surface area contributed by atoms with Crippen molar-refractivity contribution in [3.63, 3.8) is 0 Å². The molecule has 0 amide bonds. The van der Waals surface area contributed by atoms with Crippen LogP contribution in [0.1, 0.15) is 37.5 Å². The van der Waals surface area contributed by atoms with Crippen molar-refractivity contribution in [1.82, 2.24) is 0 Å². The van der Waals surface area contributed by atoms with Gasteiger partial charge < -0.3 is 4.74 Å². The van der Waals surface area contributed by atoms with Gasteiger partial charge in [0.1, 0.15) is 5.75 Å². The van der Waals surface area contributed by atoms with Gasteiger partial charge in [-0.25, -0.2) is 0 Å². The van der Waals surface area contributed by atoms with Crippen molar-refractivity contribution in [3.05, 3.63) is 28.8 Å². The van der Waals surface area contributed by atoms with E-state index in [9.17, 15) is 0 Å². The van der Waals surface area contributed by atoms with Gasteiger partial charge >= 0.3 is 0 Å². The minimum Gasteiger partial charge on any atom is -0.496 e. The van der Waals surface area contributed by atoms with Gasteiger partial charge in [-0.2, -0.15) is 0 Å². The first-order valence-corrected chi connectivity index (χ1v) is 5.02. The van der Waals surface area contributed by atoms with Gasteiger partial charge in [-0.15, -0.1) is 0 Å². The predicted octanol–water partition coefficient (Wildman–Crippen LogP) is 3.61. The van der Waals surface area contributed by atoms with E-state index in [-0.39, 0.29) is 5.41 Å². The van der Waals surface area contributed by atoms with E-state index in [1.807, 2.05) is 0 Å². The largest absolute Gasteiger partial charge is 0.496 e. The second-order valence-electron chi connectivity index (χ2n) is 4.89. The third-order valence-electron chi connectivity index (χ3n) is 2.55. The number of benzene rings is 1. The van der Waals surface area contributed by atoms with E-state index in [4.69, 9.17) is 4.74 Å². The van der Waals surface area contributed by atoms with Crippen LogP contribution in [0.3, 0.4) is 0 Å². The fourth-order valence-corrected chi connectivity index (χ4v) is 1.86. The highest BCUT2D eigenvalue weighted by Gasteiger charge is 2.17. The fraction of sp³-hybridized carbons (Fsp3) is 0.538. The van der Waals surface area contributed by atoms with Crippen LogP contribution in [0, 0.1) is 13.8 Å². The molecule has 0 unspecified atom stereocenters. The predicted molar refractivity (Wildman–Crippen MR) is 61.2 cm³/mol. The number of aryl methyl sites for hydroxylation is 2. The van der Waals surface area contributed by atoms with Crippen molar-refractivity contribution in [2.45, 2.75) is 40.0 Å². The molecule has 0 aromatic heterocycles. The molecule has 0 bridgehead atoms. The number of methoxy groups -OCH3 is 1. The summed E-state index contributed by atoms with van der Waals surface area (Å²) in [7, 11) is 1.73. The molecule has 0 N–H and O–H groups in total. The molecule has 1 aromatic carbocycles. The third-order valence-corrected chi connectivity index (χ3v) is 2.55. The minimum absolute atomic E-state index is 0.186. The Hall–Kier alpha value is -0.980. The van der Waals surface area contributed by atoms with E-state index >= 15 is 0 Å². The second kappa shape index (κ2) is 3.64. The molecule has 0 spiro atoms. The van der Waals surface area contributed by atoms with Crippen molar-refractivity contribution in [2.24, 2.45) is 0 Å². The molecule has 1 heteroatoms. The maximum atomic E-state index is 5.34. The Kier molecular flexibility index (Phi) is 2.89. The van der Waals surface area contributed by atoms with E-state index in [1.165, 1.54) is 16.7 Å². The van der Waals surface area contributed by atoms with Crippen molar-refractivity contribution in [2.75, 3.05) is 7.11 Å². The summed E-state index contributed by atoms with van der Waals surface area (Å²) >= 11 is 0. The van der Waals surface area contributed by atoms with Crippen LogP contribution >= 0.6 is 0 Å². The standard InChI is InChI=1S/C13H20O/c1-9-7-10(2)12(14-6)8-11(9)13(3,4)5/h7-8H,1-6H3. The Labute approximate surface area is 87.1 Å². The quantitative estimate of drug-likeness (QED) is 0.660. The smallest absolute Gasteiger partial charge is 0.122 e. The summed E-state index contributed by atoms with van der Waals surface area (Å²) < 4.78 is 5.34. The van der Waals surface area contributed by atoms with Gasteiger partial charge in [-0.05, 0) is 42.0 Å². The molecule has 14 heavy (non-hydrogen) atoms. The van der Waals surface area contributed by atoms with Crippen molar-refractivity contribution < 1.29 is 4.74 Å². The van der Waals surface area contributed by atoms with Crippen LogP contribution < -0.4 is 4.74 Å². The van der Waals surface area contributed by atoms with E-state index in [0.29, 0.717) is 0 Å². The molecular weight excluding hydrogens is 172 g/mol. The lowest BCUT2D eigenvalue weighted by Gasteiger charge is -2.23. The van der Waals surface area contributed by atoms with Gasteiger partial charge in [-0.1, -0.05) is 26.8 Å². The van der Waals surface area contributed by atoms with Crippen LogP contribution in [-0.2, 0) is 5.41 Å². The van der Waals surface area contributed by atoms with E-state index in [2.05, 4.69) is 46.8 Å². The maximum absolute atomic E-state index is 5.34. The SMILES string of the molecule is COc1cc(C(C)(C)C)c(C)cc1C. The second-order valence-corrected chi connectivity index (χ2v) is 4.89. The Morgan fingerprint density at radius 1 is 1.00 bits per heavy atom. The van der Waals surface area contributed by atoms with Crippen LogP contribution in [0.5, 0.6) is 5.75 Å². The zero-order valence-electron chi connectivity index (χ0n) is 10.1. The van der Waals surface area contributed by atoms with Crippen LogP contribution in [0.2, 0.25) is 0 Å². The summed E-state index contributed by atoms with van der Waals surface area (Å²) in [4.78, 5) is 0. The molecule has 1 rings (SSSR count). The number of ether oxygens (including phenoxy) is 1. The topological polar surface area (TPSA) is 9.23 Å². The molecule has 0 aliphatic heterocycles. The number of rotatable bonds is 1. The Morgan fingerprint density at radius 3 is 2.00 bits per heavy atom. The van der Waals surface area contributed by atoms with Crippen LogP contribution in [0.25, 0.3) is 0 Å². The van der Waals surface area contributed by atoms with Crippen LogP contribution in [0.4, 0.5) is 0 Å². The molecule has 0 fully saturated rings. The molecule has 0 heterocycles. The normalized spacial score (nSPS) is 11.6. The average molecular weight is 192 g/mol. The highest BCUT2D eigenvalue weighted by atomic mass is 16.5. The number of hydrogen-bond acceptors (Lipinski definition) is 1. The monoisotopic (exact) mass is 192 g/mol. The van der Waals surface area contributed by atoms with Crippen molar-refractivity contribution in [1.29, 1.82) is 0 Å². The molecule has 0 saturated carbocycles. The number of hydrogen-bond donors (Lipinski definition) is 0. The summed E-state index contributed by atoms with van der Waals surface area (Å²) in [6.07, 6.45) is 0.